The normalized spacial score (nSPS) is 38.5. The molecule has 0 bridgehead atoms. The number of fused-ring (bicyclic) bond motifs is 1. The van der Waals surface area contributed by atoms with Crippen molar-refractivity contribution in [2.45, 2.75) is 56.4 Å². The summed E-state index contributed by atoms with van der Waals surface area (Å²) in [7, 11) is -3.52. The third kappa shape index (κ3) is 2.59. The highest BCUT2D eigenvalue weighted by molar-refractivity contribution is 7.89. The van der Waals surface area contributed by atoms with Gasteiger partial charge in [0, 0.05) is 25.2 Å². The van der Waals surface area contributed by atoms with Crippen LogP contribution in [0.3, 0.4) is 0 Å². The van der Waals surface area contributed by atoms with Crippen LogP contribution in [0.5, 0.6) is 0 Å². The van der Waals surface area contributed by atoms with Crippen molar-refractivity contribution in [3.05, 3.63) is 0 Å². The lowest BCUT2D eigenvalue weighted by molar-refractivity contribution is -0.141. The number of aliphatic carboxylic acids is 1. The highest BCUT2D eigenvalue weighted by Gasteiger charge is 2.48. The van der Waals surface area contributed by atoms with Crippen molar-refractivity contribution in [2.75, 3.05) is 19.6 Å². The maximum absolute atomic E-state index is 12.9. The first-order valence-corrected chi connectivity index (χ1v) is 9.39. The van der Waals surface area contributed by atoms with Crippen LogP contribution in [0.4, 0.5) is 0 Å². The van der Waals surface area contributed by atoms with Gasteiger partial charge in [-0.1, -0.05) is 6.42 Å². The first-order valence-electron chi connectivity index (χ1n) is 7.89. The van der Waals surface area contributed by atoms with Crippen LogP contribution in [-0.2, 0) is 14.8 Å². The molecule has 3 rings (SSSR count). The van der Waals surface area contributed by atoms with Gasteiger partial charge in [-0.3, -0.25) is 9.69 Å². The van der Waals surface area contributed by atoms with Gasteiger partial charge in [-0.25, -0.2) is 8.42 Å². The first-order chi connectivity index (χ1) is 9.91. The van der Waals surface area contributed by atoms with Gasteiger partial charge >= 0.3 is 5.97 Å². The molecule has 120 valence electrons. The molecule has 4 unspecified atom stereocenters. The van der Waals surface area contributed by atoms with E-state index in [1.807, 2.05) is 6.92 Å². The minimum Gasteiger partial charge on any atom is -0.481 e. The number of hydrogen-bond acceptors (Lipinski definition) is 4. The zero-order chi connectivity index (χ0) is 15.2. The van der Waals surface area contributed by atoms with Crippen LogP contribution in [0.2, 0.25) is 0 Å². The van der Waals surface area contributed by atoms with Crippen molar-refractivity contribution < 1.29 is 18.3 Å². The molecule has 7 heteroatoms. The smallest absolute Gasteiger partial charge is 0.307 e. The molecule has 2 saturated heterocycles. The molecule has 1 aliphatic carbocycles. The van der Waals surface area contributed by atoms with E-state index in [1.165, 1.54) is 0 Å². The van der Waals surface area contributed by atoms with Gasteiger partial charge < -0.3 is 5.11 Å². The summed E-state index contributed by atoms with van der Waals surface area (Å²) in [4.78, 5) is 13.7. The van der Waals surface area contributed by atoms with Crippen molar-refractivity contribution in [1.82, 2.24) is 9.21 Å². The third-order valence-electron chi connectivity index (χ3n) is 5.36. The minimum absolute atomic E-state index is 0.0561. The lowest BCUT2D eigenvalue weighted by Crippen LogP contribution is -2.58. The molecule has 0 spiro atoms. The lowest BCUT2D eigenvalue weighted by Gasteiger charge is -2.42. The Balaban J connectivity index is 1.82. The fourth-order valence-electron chi connectivity index (χ4n) is 4.25. The van der Waals surface area contributed by atoms with Gasteiger partial charge in [0.1, 0.15) is 0 Å². The number of carboxylic acid groups (broad SMARTS) is 1. The molecule has 0 aromatic carbocycles. The second-order valence-corrected chi connectivity index (χ2v) is 8.77. The zero-order valence-electron chi connectivity index (χ0n) is 12.4. The summed E-state index contributed by atoms with van der Waals surface area (Å²) in [5.41, 5.74) is 0. The fourth-order valence-corrected chi connectivity index (χ4v) is 6.68. The standard InChI is InChI=1S/C14H24N2O4S/c1-10-8-15-7-3-4-11(15)9-16(10)21(19,20)13-6-2-5-12(13)14(17)18/h10-13H,2-9H2,1H3,(H,17,18). The summed E-state index contributed by atoms with van der Waals surface area (Å²) in [6, 6.07) is 0.264. The van der Waals surface area contributed by atoms with Gasteiger partial charge in [0.25, 0.3) is 0 Å². The molecule has 3 fully saturated rings. The quantitative estimate of drug-likeness (QED) is 0.831. The van der Waals surface area contributed by atoms with Crippen LogP contribution in [0.25, 0.3) is 0 Å². The monoisotopic (exact) mass is 316 g/mol. The molecular weight excluding hydrogens is 292 g/mol. The maximum atomic E-state index is 12.9. The first kappa shape index (κ1) is 15.2. The Morgan fingerprint density at radius 3 is 2.62 bits per heavy atom. The fraction of sp³-hybridized carbons (Fsp3) is 0.929. The molecule has 21 heavy (non-hydrogen) atoms. The second-order valence-electron chi connectivity index (χ2n) is 6.67. The molecule has 0 aromatic heterocycles. The van der Waals surface area contributed by atoms with E-state index < -0.39 is 27.2 Å². The van der Waals surface area contributed by atoms with Crippen molar-refractivity contribution in [3.63, 3.8) is 0 Å². The van der Waals surface area contributed by atoms with E-state index in [0.29, 0.717) is 31.8 Å². The Morgan fingerprint density at radius 1 is 1.14 bits per heavy atom. The summed E-state index contributed by atoms with van der Waals surface area (Å²) in [5.74, 6) is -1.70. The van der Waals surface area contributed by atoms with Crippen LogP contribution in [0, 0.1) is 5.92 Å². The van der Waals surface area contributed by atoms with Crippen LogP contribution in [0.1, 0.15) is 39.0 Å². The second kappa shape index (κ2) is 5.52. The van der Waals surface area contributed by atoms with Gasteiger partial charge in [-0.05, 0) is 39.2 Å². The van der Waals surface area contributed by atoms with Gasteiger partial charge in [-0.15, -0.1) is 0 Å². The van der Waals surface area contributed by atoms with E-state index in [1.54, 1.807) is 4.31 Å². The number of carboxylic acids is 1. The largest absolute Gasteiger partial charge is 0.481 e. The van der Waals surface area contributed by atoms with Crippen molar-refractivity contribution in [2.24, 2.45) is 5.92 Å². The minimum atomic E-state index is -3.52. The SMILES string of the molecule is CC1CN2CCCC2CN1S(=O)(=O)C1CCCC1C(=O)O. The molecule has 3 aliphatic rings. The number of hydrogen-bond donors (Lipinski definition) is 1. The lowest BCUT2D eigenvalue weighted by atomic mass is 10.1. The summed E-state index contributed by atoms with van der Waals surface area (Å²) < 4.78 is 27.5. The average molecular weight is 316 g/mol. The van der Waals surface area contributed by atoms with Crippen LogP contribution < -0.4 is 0 Å². The highest BCUT2D eigenvalue weighted by atomic mass is 32.2. The van der Waals surface area contributed by atoms with Crippen molar-refractivity contribution in [3.8, 4) is 0 Å². The Labute approximate surface area is 126 Å². The third-order valence-corrected chi connectivity index (χ3v) is 7.85. The molecule has 2 heterocycles. The Bertz CT molecular complexity index is 521. The van der Waals surface area contributed by atoms with E-state index in [-0.39, 0.29) is 6.04 Å². The molecule has 2 aliphatic heterocycles. The Hall–Kier alpha value is -0.660. The molecule has 0 radical (unpaired) electrons. The predicted octanol–water partition coefficient (Wildman–Crippen LogP) is 0.738. The summed E-state index contributed by atoms with van der Waals surface area (Å²) in [6.07, 6.45) is 3.84. The van der Waals surface area contributed by atoms with Crippen LogP contribution in [-0.4, -0.2) is 65.7 Å². The molecular formula is C14H24N2O4S. The van der Waals surface area contributed by atoms with E-state index in [0.717, 1.165) is 25.9 Å². The molecule has 1 N–H and O–H groups in total. The molecule has 6 nitrogen and oxygen atoms in total. The molecule has 0 amide bonds. The van der Waals surface area contributed by atoms with Gasteiger partial charge in [-0.2, -0.15) is 4.31 Å². The molecule has 4 atom stereocenters. The van der Waals surface area contributed by atoms with E-state index in [4.69, 9.17) is 0 Å². The number of carbonyl (C=O) groups is 1. The van der Waals surface area contributed by atoms with E-state index in [9.17, 15) is 18.3 Å². The number of rotatable bonds is 3. The van der Waals surface area contributed by atoms with Crippen molar-refractivity contribution >= 4 is 16.0 Å². The molecule has 1 saturated carbocycles. The summed E-state index contributed by atoms with van der Waals surface area (Å²) >= 11 is 0. The van der Waals surface area contributed by atoms with E-state index in [2.05, 4.69) is 4.90 Å². The van der Waals surface area contributed by atoms with E-state index >= 15 is 0 Å². The van der Waals surface area contributed by atoms with Crippen LogP contribution >= 0.6 is 0 Å². The van der Waals surface area contributed by atoms with Gasteiger partial charge in [0.15, 0.2) is 0 Å². The zero-order valence-corrected chi connectivity index (χ0v) is 13.3. The van der Waals surface area contributed by atoms with Crippen LogP contribution in [0.15, 0.2) is 0 Å². The van der Waals surface area contributed by atoms with Crippen molar-refractivity contribution in [1.29, 1.82) is 0 Å². The average Bonchev–Trinajstić information content (AvgIpc) is 3.05. The topological polar surface area (TPSA) is 77.9 Å². The Morgan fingerprint density at radius 2 is 1.90 bits per heavy atom. The maximum Gasteiger partial charge on any atom is 0.307 e. The van der Waals surface area contributed by atoms with Gasteiger partial charge in [0.2, 0.25) is 10.0 Å². The van der Waals surface area contributed by atoms with Gasteiger partial charge in [0.05, 0.1) is 11.2 Å². The predicted molar refractivity (Wildman–Crippen MR) is 78.4 cm³/mol. The highest BCUT2D eigenvalue weighted by Crippen LogP contribution is 2.36. The molecule has 0 aromatic rings. The summed E-state index contributed by atoms with van der Waals surface area (Å²) in [5, 5.41) is 8.54. The number of piperazine rings is 1. The summed E-state index contributed by atoms with van der Waals surface area (Å²) in [6.45, 7) is 4.31. The number of nitrogens with zero attached hydrogens (tertiary/aromatic N) is 2. The Kier molecular flexibility index (Phi) is 4.00. The number of sulfonamides is 1.